The van der Waals surface area contributed by atoms with Gasteiger partial charge in [0.1, 0.15) is 17.6 Å². The maximum absolute atomic E-state index is 13.0. The maximum atomic E-state index is 13.0. The van der Waals surface area contributed by atoms with Gasteiger partial charge in [0.25, 0.3) is 0 Å². The first kappa shape index (κ1) is 27.6. The molecule has 35 heavy (non-hydrogen) atoms. The van der Waals surface area contributed by atoms with Crippen LogP contribution in [0, 0.1) is 5.41 Å². The fourth-order valence-corrected chi connectivity index (χ4v) is 3.29. The Morgan fingerprint density at radius 2 is 1.69 bits per heavy atom. The second kappa shape index (κ2) is 10.7. The number of carbonyl (C=O) groups excluding carboxylic acids is 4. The van der Waals surface area contributed by atoms with Crippen molar-refractivity contribution in [2.45, 2.75) is 72.5 Å². The number of hydrogen-bond acceptors (Lipinski definition) is 8. The number of ether oxygens (including phenoxy) is 3. The minimum atomic E-state index is -0.913. The van der Waals surface area contributed by atoms with E-state index in [0.29, 0.717) is 18.7 Å². The van der Waals surface area contributed by atoms with Crippen LogP contribution in [0.2, 0.25) is 0 Å². The largest absolute Gasteiger partial charge is 0.466 e. The molecule has 0 spiro atoms. The van der Waals surface area contributed by atoms with Crippen LogP contribution in [0.15, 0.2) is 18.2 Å². The van der Waals surface area contributed by atoms with Crippen LogP contribution in [0.5, 0.6) is 0 Å². The third-order valence-electron chi connectivity index (χ3n) is 4.54. The van der Waals surface area contributed by atoms with Gasteiger partial charge in [0.05, 0.1) is 12.3 Å². The van der Waals surface area contributed by atoms with E-state index < -0.39 is 47.6 Å². The number of guanidine groups is 1. The van der Waals surface area contributed by atoms with Gasteiger partial charge in [0, 0.05) is 12.2 Å². The van der Waals surface area contributed by atoms with E-state index in [-0.39, 0.29) is 12.3 Å². The normalized spacial score (nSPS) is 12.9. The summed E-state index contributed by atoms with van der Waals surface area (Å²) in [7, 11) is 0. The summed E-state index contributed by atoms with van der Waals surface area (Å²) in [6, 6.07) is 4.86. The van der Waals surface area contributed by atoms with E-state index in [4.69, 9.17) is 19.6 Å². The van der Waals surface area contributed by atoms with Crippen molar-refractivity contribution in [2.75, 3.05) is 23.0 Å². The summed E-state index contributed by atoms with van der Waals surface area (Å²) in [5.74, 6) is -1.65. The highest BCUT2D eigenvalue weighted by atomic mass is 16.6. The lowest BCUT2D eigenvalue weighted by Gasteiger charge is -2.28. The molecule has 0 saturated carbocycles. The Bertz CT molecular complexity index is 1010. The van der Waals surface area contributed by atoms with Crippen molar-refractivity contribution >= 4 is 41.4 Å². The Hall–Kier alpha value is -3.63. The number of rotatable bonds is 4. The molecule has 1 aromatic rings. The summed E-state index contributed by atoms with van der Waals surface area (Å²) in [6.45, 7) is 12.2. The second-order valence-electron chi connectivity index (χ2n) is 9.88. The second-order valence-corrected chi connectivity index (χ2v) is 9.88. The number of fused-ring (bicyclic) bond motifs is 1. The number of carbonyl (C=O) groups is 4. The van der Waals surface area contributed by atoms with Crippen molar-refractivity contribution in [1.82, 2.24) is 5.32 Å². The summed E-state index contributed by atoms with van der Waals surface area (Å²) in [5.41, 5.74) is -0.166. The zero-order valence-electron chi connectivity index (χ0n) is 21.3. The quantitative estimate of drug-likeness (QED) is 0.216. The van der Waals surface area contributed by atoms with Gasteiger partial charge in [-0.15, -0.1) is 0 Å². The van der Waals surface area contributed by atoms with Crippen molar-refractivity contribution in [3.8, 4) is 0 Å². The van der Waals surface area contributed by atoms with Crippen LogP contribution in [0.1, 0.15) is 60.5 Å². The van der Waals surface area contributed by atoms with Gasteiger partial charge in [0.2, 0.25) is 11.9 Å². The van der Waals surface area contributed by atoms with Crippen molar-refractivity contribution in [3.63, 3.8) is 0 Å². The Morgan fingerprint density at radius 1 is 1.06 bits per heavy atom. The zero-order valence-corrected chi connectivity index (χ0v) is 21.3. The summed E-state index contributed by atoms with van der Waals surface area (Å²) >= 11 is 0. The molecule has 1 heterocycles. The summed E-state index contributed by atoms with van der Waals surface area (Å²) < 4.78 is 15.5. The van der Waals surface area contributed by atoms with Crippen molar-refractivity contribution in [2.24, 2.45) is 0 Å². The molecular weight excluding hydrogens is 456 g/mol. The van der Waals surface area contributed by atoms with E-state index in [1.165, 1.54) is 4.90 Å². The Morgan fingerprint density at radius 3 is 2.26 bits per heavy atom. The van der Waals surface area contributed by atoms with Crippen LogP contribution >= 0.6 is 0 Å². The third-order valence-corrected chi connectivity index (χ3v) is 4.54. The Labute approximate surface area is 205 Å². The molecule has 0 fully saturated rings. The number of hydrogen-bond donors (Lipinski definition) is 2. The van der Waals surface area contributed by atoms with Crippen LogP contribution in [0.4, 0.5) is 21.0 Å². The number of anilines is 2. The lowest BCUT2D eigenvalue weighted by atomic mass is 10.1. The zero-order chi connectivity index (χ0) is 26.6. The number of nitrogens with zero attached hydrogens (tertiary/aromatic N) is 2. The molecule has 0 radical (unpaired) electrons. The van der Waals surface area contributed by atoms with Gasteiger partial charge >= 0.3 is 18.2 Å². The number of amides is 3. The molecule has 0 bridgehead atoms. The standard InChI is InChI=1S/C24H34N4O7/c1-8-33-19(30)14-18(29)27-12-11-15-9-10-16(13-17(15)27)28(22(32)35-24(5,6)7)20(25)26-21(31)34-23(2,3)4/h9-10,13H,8,11-12,14H2,1-7H3,(H2,25,26,31). The van der Waals surface area contributed by atoms with Gasteiger partial charge in [-0.05, 0) is 72.6 Å². The average Bonchev–Trinajstić information content (AvgIpc) is 3.08. The van der Waals surface area contributed by atoms with E-state index in [1.54, 1.807) is 66.7 Å². The molecule has 1 aliphatic heterocycles. The fraction of sp³-hybridized carbons (Fsp3) is 0.542. The number of esters is 1. The lowest BCUT2D eigenvalue weighted by Crippen LogP contribution is -2.49. The van der Waals surface area contributed by atoms with E-state index >= 15 is 0 Å². The summed E-state index contributed by atoms with van der Waals surface area (Å²) in [6.07, 6.45) is -1.67. The highest BCUT2D eigenvalue weighted by Crippen LogP contribution is 2.33. The molecule has 0 saturated heterocycles. The highest BCUT2D eigenvalue weighted by Gasteiger charge is 2.32. The smallest absolute Gasteiger partial charge is 0.421 e. The van der Waals surface area contributed by atoms with Gasteiger partial charge in [-0.2, -0.15) is 0 Å². The van der Waals surface area contributed by atoms with Gasteiger partial charge in [0.15, 0.2) is 0 Å². The van der Waals surface area contributed by atoms with Crippen LogP contribution in [0.3, 0.4) is 0 Å². The van der Waals surface area contributed by atoms with E-state index in [1.807, 2.05) is 0 Å². The predicted molar refractivity (Wildman–Crippen MR) is 130 cm³/mol. The SMILES string of the molecule is CCOC(=O)CC(=O)N1CCc2ccc(N(C(=N)NC(=O)OC(C)(C)C)C(=O)OC(C)(C)C)cc21. The monoisotopic (exact) mass is 490 g/mol. The first-order chi connectivity index (χ1) is 16.1. The van der Waals surface area contributed by atoms with Crippen LogP contribution in [-0.4, -0.2) is 54.4 Å². The number of nitrogens with one attached hydrogen (secondary N) is 2. The minimum absolute atomic E-state index is 0.171. The minimum Gasteiger partial charge on any atom is -0.466 e. The van der Waals surface area contributed by atoms with Crippen molar-refractivity contribution < 1.29 is 33.4 Å². The fourth-order valence-electron chi connectivity index (χ4n) is 3.29. The van der Waals surface area contributed by atoms with Crippen LogP contribution in [-0.2, 0) is 30.2 Å². The number of benzene rings is 1. The first-order valence-corrected chi connectivity index (χ1v) is 11.3. The molecule has 1 aliphatic rings. The molecule has 0 aromatic heterocycles. The molecule has 2 N–H and O–H groups in total. The number of alkyl carbamates (subject to hydrolysis) is 1. The van der Waals surface area contributed by atoms with Gasteiger partial charge in [-0.1, -0.05) is 6.07 Å². The van der Waals surface area contributed by atoms with E-state index in [9.17, 15) is 19.2 Å². The molecule has 0 aliphatic carbocycles. The molecule has 0 atom stereocenters. The maximum Gasteiger partial charge on any atom is 0.421 e. The molecular formula is C24H34N4O7. The molecule has 3 amide bonds. The van der Waals surface area contributed by atoms with Gasteiger partial charge < -0.3 is 19.1 Å². The molecule has 11 nitrogen and oxygen atoms in total. The average molecular weight is 491 g/mol. The van der Waals surface area contributed by atoms with Crippen molar-refractivity contribution in [3.05, 3.63) is 23.8 Å². The molecule has 0 unspecified atom stereocenters. The molecule has 192 valence electrons. The van der Waals surface area contributed by atoms with Crippen LogP contribution in [0.25, 0.3) is 0 Å². The predicted octanol–water partition coefficient (Wildman–Crippen LogP) is 3.73. The third kappa shape index (κ3) is 7.97. The van der Waals surface area contributed by atoms with Gasteiger partial charge in [-0.3, -0.25) is 20.3 Å². The highest BCUT2D eigenvalue weighted by molar-refractivity contribution is 6.16. The lowest BCUT2D eigenvalue weighted by molar-refractivity contribution is -0.145. The molecule has 2 rings (SSSR count). The van der Waals surface area contributed by atoms with E-state index in [0.717, 1.165) is 10.5 Å². The molecule has 1 aromatic carbocycles. The molecule has 11 heteroatoms. The summed E-state index contributed by atoms with van der Waals surface area (Å²) in [5, 5.41) is 10.7. The van der Waals surface area contributed by atoms with E-state index in [2.05, 4.69) is 5.32 Å². The van der Waals surface area contributed by atoms with Crippen LogP contribution < -0.4 is 15.1 Å². The van der Waals surface area contributed by atoms with Crippen molar-refractivity contribution in [1.29, 1.82) is 5.41 Å². The topological polar surface area (TPSA) is 138 Å². The first-order valence-electron chi connectivity index (χ1n) is 11.3. The Balaban J connectivity index is 2.37. The summed E-state index contributed by atoms with van der Waals surface area (Å²) in [4.78, 5) is 52.1. The van der Waals surface area contributed by atoms with Gasteiger partial charge in [-0.25, -0.2) is 14.5 Å². The Kier molecular flexibility index (Phi) is 8.48.